The number of hydrogen-bond donors (Lipinski definition) is 0. The summed E-state index contributed by atoms with van der Waals surface area (Å²) in [6.07, 6.45) is -3.49. The van der Waals surface area contributed by atoms with E-state index in [-0.39, 0.29) is 0 Å². The Morgan fingerprint density at radius 2 is 1.84 bits per heavy atom. The first-order chi connectivity index (χ1) is 8.91. The van der Waals surface area contributed by atoms with Gasteiger partial charge in [-0.05, 0) is 18.1 Å². The highest BCUT2D eigenvalue weighted by atomic mass is 79.9. The van der Waals surface area contributed by atoms with Crippen molar-refractivity contribution in [3.8, 4) is 11.3 Å². The molecule has 0 fully saturated rings. The summed E-state index contributed by atoms with van der Waals surface area (Å²) in [7, 11) is 1.30. The van der Waals surface area contributed by atoms with Crippen molar-refractivity contribution in [2.24, 2.45) is 7.05 Å². The van der Waals surface area contributed by atoms with Crippen LogP contribution in [0.4, 0.5) is 13.2 Å². The number of benzene rings is 1. The smallest absolute Gasteiger partial charge is 0.263 e. The van der Waals surface area contributed by atoms with Crippen LogP contribution in [0.25, 0.3) is 11.3 Å². The molecule has 2 nitrogen and oxygen atoms in total. The molecule has 2 aromatic rings. The summed E-state index contributed by atoms with van der Waals surface area (Å²) in [5.74, 6) is 0. The van der Waals surface area contributed by atoms with E-state index in [9.17, 15) is 13.2 Å². The minimum atomic E-state index is -4.38. The SMILES string of the molecule is Cn1nc(-c2ccc(CCBr)cc2)cc1C(F)(F)F. The third-order valence-corrected chi connectivity index (χ3v) is 3.20. The zero-order valence-corrected chi connectivity index (χ0v) is 11.8. The summed E-state index contributed by atoms with van der Waals surface area (Å²) < 4.78 is 38.9. The Labute approximate surface area is 117 Å². The molecule has 1 aromatic carbocycles. The van der Waals surface area contributed by atoms with Crippen molar-refractivity contribution in [1.82, 2.24) is 9.78 Å². The zero-order valence-electron chi connectivity index (χ0n) is 10.2. The number of aryl methyl sites for hydroxylation is 2. The summed E-state index contributed by atoms with van der Waals surface area (Å²) in [6.45, 7) is 0. The Kier molecular flexibility index (Phi) is 3.99. The van der Waals surface area contributed by atoms with Crippen LogP contribution in [0.5, 0.6) is 0 Å². The maximum absolute atomic E-state index is 12.7. The molecule has 0 spiro atoms. The molecule has 0 aliphatic rings. The topological polar surface area (TPSA) is 17.8 Å². The molecule has 1 aromatic heterocycles. The van der Waals surface area contributed by atoms with Gasteiger partial charge in [-0.2, -0.15) is 18.3 Å². The monoisotopic (exact) mass is 332 g/mol. The molecule has 6 heteroatoms. The Hall–Kier alpha value is -1.30. The number of aromatic nitrogens is 2. The van der Waals surface area contributed by atoms with E-state index in [0.717, 1.165) is 28.1 Å². The summed E-state index contributed by atoms with van der Waals surface area (Å²) in [4.78, 5) is 0. The van der Waals surface area contributed by atoms with Crippen molar-refractivity contribution in [1.29, 1.82) is 0 Å². The third kappa shape index (κ3) is 3.18. The fourth-order valence-corrected chi connectivity index (χ4v) is 2.28. The van der Waals surface area contributed by atoms with Gasteiger partial charge in [0.25, 0.3) is 0 Å². The average Bonchev–Trinajstić information content (AvgIpc) is 2.72. The van der Waals surface area contributed by atoms with E-state index in [1.54, 1.807) is 12.1 Å². The molecular weight excluding hydrogens is 321 g/mol. The molecule has 0 aliphatic carbocycles. The predicted molar refractivity (Wildman–Crippen MR) is 71.1 cm³/mol. The number of alkyl halides is 4. The zero-order chi connectivity index (χ0) is 14.0. The van der Waals surface area contributed by atoms with E-state index in [1.165, 1.54) is 7.05 Å². The van der Waals surface area contributed by atoms with E-state index < -0.39 is 11.9 Å². The Balaban J connectivity index is 2.32. The second-order valence-corrected chi connectivity index (χ2v) is 4.97. The highest BCUT2D eigenvalue weighted by Crippen LogP contribution is 2.31. The van der Waals surface area contributed by atoms with Gasteiger partial charge in [-0.3, -0.25) is 4.68 Å². The lowest BCUT2D eigenvalue weighted by atomic mass is 10.1. The van der Waals surface area contributed by atoms with Crippen LogP contribution in [0.2, 0.25) is 0 Å². The van der Waals surface area contributed by atoms with Crippen molar-refractivity contribution in [3.63, 3.8) is 0 Å². The molecule has 0 saturated carbocycles. The summed E-state index contributed by atoms with van der Waals surface area (Å²) in [5.41, 5.74) is 1.41. The highest BCUT2D eigenvalue weighted by Gasteiger charge is 2.34. The van der Waals surface area contributed by atoms with Gasteiger partial charge in [-0.15, -0.1) is 0 Å². The lowest BCUT2D eigenvalue weighted by molar-refractivity contribution is -0.143. The van der Waals surface area contributed by atoms with Crippen LogP contribution in [0, 0.1) is 0 Å². The second kappa shape index (κ2) is 5.36. The number of hydrogen-bond acceptors (Lipinski definition) is 1. The van der Waals surface area contributed by atoms with Gasteiger partial charge in [0.05, 0.1) is 5.69 Å². The minimum Gasteiger partial charge on any atom is -0.263 e. The van der Waals surface area contributed by atoms with Gasteiger partial charge in [0.15, 0.2) is 0 Å². The molecule has 19 heavy (non-hydrogen) atoms. The predicted octanol–water partition coefficient (Wildman–Crippen LogP) is 4.04. The van der Waals surface area contributed by atoms with Gasteiger partial charge in [-0.25, -0.2) is 0 Å². The van der Waals surface area contributed by atoms with E-state index in [1.807, 2.05) is 12.1 Å². The van der Waals surface area contributed by atoms with Gasteiger partial charge < -0.3 is 0 Å². The van der Waals surface area contributed by atoms with Crippen LogP contribution in [-0.4, -0.2) is 15.1 Å². The van der Waals surface area contributed by atoms with Gasteiger partial charge >= 0.3 is 6.18 Å². The Morgan fingerprint density at radius 3 is 2.32 bits per heavy atom. The lowest BCUT2D eigenvalue weighted by Crippen LogP contribution is -2.11. The number of rotatable bonds is 3. The van der Waals surface area contributed by atoms with Gasteiger partial charge in [0.2, 0.25) is 0 Å². The quantitative estimate of drug-likeness (QED) is 0.775. The third-order valence-electron chi connectivity index (χ3n) is 2.80. The molecule has 1 heterocycles. The number of halogens is 4. The summed E-state index contributed by atoms with van der Waals surface area (Å²) in [6, 6.07) is 8.46. The summed E-state index contributed by atoms with van der Waals surface area (Å²) >= 11 is 3.34. The fraction of sp³-hybridized carbons (Fsp3) is 0.308. The van der Waals surface area contributed by atoms with Crippen LogP contribution in [0.1, 0.15) is 11.3 Å². The highest BCUT2D eigenvalue weighted by molar-refractivity contribution is 9.09. The average molecular weight is 333 g/mol. The van der Waals surface area contributed by atoms with Gasteiger partial charge in [0.1, 0.15) is 5.69 Å². The molecule has 0 amide bonds. The molecule has 0 bridgehead atoms. The van der Waals surface area contributed by atoms with Crippen molar-refractivity contribution in [3.05, 3.63) is 41.6 Å². The molecule has 102 valence electrons. The molecule has 0 atom stereocenters. The fourth-order valence-electron chi connectivity index (χ4n) is 1.82. The first kappa shape index (κ1) is 14.1. The molecule has 0 saturated heterocycles. The van der Waals surface area contributed by atoms with Gasteiger partial charge in [0, 0.05) is 17.9 Å². The van der Waals surface area contributed by atoms with Crippen molar-refractivity contribution >= 4 is 15.9 Å². The lowest BCUT2D eigenvalue weighted by Gasteiger charge is -2.04. The van der Waals surface area contributed by atoms with E-state index in [0.29, 0.717) is 11.3 Å². The largest absolute Gasteiger partial charge is 0.433 e. The van der Waals surface area contributed by atoms with Crippen molar-refractivity contribution in [2.45, 2.75) is 12.6 Å². The molecule has 2 rings (SSSR count). The van der Waals surface area contributed by atoms with Crippen molar-refractivity contribution < 1.29 is 13.2 Å². The van der Waals surface area contributed by atoms with E-state index in [4.69, 9.17) is 0 Å². The van der Waals surface area contributed by atoms with Crippen LogP contribution < -0.4 is 0 Å². The first-order valence-corrected chi connectivity index (χ1v) is 6.80. The van der Waals surface area contributed by atoms with Gasteiger partial charge in [-0.1, -0.05) is 40.2 Å². The van der Waals surface area contributed by atoms with Crippen LogP contribution >= 0.6 is 15.9 Å². The van der Waals surface area contributed by atoms with Crippen LogP contribution in [0.3, 0.4) is 0 Å². The maximum atomic E-state index is 12.7. The standard InChI is InChI=1S/C13H12BrF3N2/c1-19-12(13(15,16)17)8-11(18-19)10-4-2-9(3-5-10)6-7-14/h2-5,8H,6-7H2,1H3. The van der Waals surface area contributed by atoms with Crippen molar-refractivity contribution in [2.75, 3.05) is 5.33 Å². The first-order valence-electron chi connectivity index (χ1n) is 5.68. The van der Waals surface area contributed by atoms with Crippen LogP contribution in [0.15, 0.2) is 30.3 Å². The summed E-state index contributed by atoms with van der Waals surface area (Å²) in [5, 5.41) is 4.77. The molecule has 0 unspecified atom stereocenters. The normalized spacial score (nSPS) is 11.8. The molecule has 0 N–H and O–H groups in total. The maximum Gasteiger partial charge on any atom is 0.433 e. The van der Waals surface area contributed by atoms with Crippen LogP contribution in [-0.2, 0) is 19.6 Å². The minimum absolute atomic E-state index is 0.334. The molecule has 0 radical (unpaired) electrons. The Bertz CT molecular complexity index is 558. The molecular formula is C13H12BrF3N2. The Morgan fingerprint density at radius 1 is 1.21 bits per heavy atom. The number of nitrogens with zero attached hydrogens (tertiary/aromatic N) is 2. The second-order valence-electron chi connectivity index (χ2n) is 4.17. The molecule has 0 aliphatic heterocycles. The van der Waals surface area contributed by atoms with E-state index >= 15 is 0 Å². The van der Waals surface area contributed by atoms with E-state index in [2.05, 4.69) is 21.0 Å².